The molecule has 2 aliphatic heterocycles. The summed E-state index contributed by atoms with van der Waals surface area (Å²) in [5, 5.41) is 14.0. The molecule has 0 bridgehead atoms. The van der Waals surface area contributed by atoms with Crippen molar-refractivity contribution in [2.45, 2.75) is 26.1 Å². The summed E-state index contributed by atoms with van der Waals surface area (Å²) in [5.74, 6) is -0.355. The number of carbonyl (C=O) groups excluding carboxylic acids is 1. The highest BCUT2D eigenvalue weighted by atomic mass is 32.2. The standard InChI is InChI=1S/C18H27N5O6S/c1-13-11-22(12-14(2)29-13)30(27,28)21-8-6-20(7-9-21)18(24)15-4-5-16(19-3)17(10-15)23(25)26/h4-5,10,13-14,19H,6-9,11-12H2,1-3H3/t13-,14-/m1/s1. The van der Waals surface area contributed by atoms with Gasteiger partial charge in [-0.15, -0.1) is 0 Å². The third-order valence-electron chi connectivity index (χ3n) is 5.28. The van der Waals surface area contributed by atoms with E-state index in [9.17, 15) is 23.3 Å². The molecular formula is C18H27N5O6S. The molecule has 1 N–H and O–H groups in total. The van der Waals surface area contributed by atoms with Gasteiger partial charge in [0, 0.05) is 57.9 Å². The lowest BCUT2D eigenvalue weighted by atomic mass is 10.1. The fourth-order valence-corrected chi connectivity index (χ4v) is 5.56. The van der Waals surface area contributed by atoms with Crippen LogP contribution >= 0.6 is 0 Å². The molecule has 166 valence electrons. The van der Waals surface area contributed by atoms with E-state index in [0.717, 1.165) is 0 Å². The highest BCUT2D eigenvalue weighted by Crippen LogP contribution is 2.26. The Labute approximate surface area is 175 Å². The van der Waals surface area contributed by atoms with Gasteiger partial charge in [-0.25, -0.2) is 0 Å². The number of amides is 1. The lowest BCUT2D eigenvalue weighted by Gasteiger charge is -2.40. The molecule has 2 heterocycles. The van der Waals surface area contributed by atoms with E-state index in [1.165, 1.54) is 31.7 Å². The molecule has 2 atom stereocenters. The second kappa shape index (κ2) is 8.84. The topological polar surface area (TPSA) is 125 Å². The largest absolute Gasteiger partial charge is 0.383 e. The van der Waals surface area contributed by atoms with Gasteiger partial charge in [0.15, 0.2) is 0 Å². The Morgan fingerprint density at radius 3 is 2.27 bits per heavy atom. The van der Waals surface area contributed by atoms with Crippen molar-refractivity contribution in [2.75, 3.05) is 51.6 Å². The molecule has 1 aromatic rings. The molecule has 0 unspecified atom stereocenters. The van der Waals surface area contributed by atoms with Crippen LogP contribution in [0.3, 0.4) is 0 Å². The number of nitrogens with one attached hydrogen (secondary N) is 1. The number of hydrogen-bond acceptors (Lipinski definition) is 7. The first-order valence-electron chi connectivity index (χ1n) is 9.79. The van der Waals surface area contributed by atoms with E-state index < -0.39 is 15.1 Å². The minimum absolute atomic E-state index is 0.172. The van der Waals surface area contributed by atoms with Gasteiger partial charge in [-0.3, -0.25) is 14.9 Å². The van der Waals surface area contributed by atoms with E-state index in [4.69, 9.17) is 4.74 Å². The molecule has 2 fully saturated rings. The Kier molecular flexibility index (Phi) is 6.60. The molecule has 0 radical (unpaired) electrons. The van der Waals surface area contributed by atoms with Crippen LogP contribution in [0.15, 0.2) is 18.2 Å². The van der Waals surface area contributed by atoms with Crippen molar-refractivity contribution in [2.24, 2.45) is 0 Å². The van der Waals surface area contributed by atoms with Crippen molar-refractivity contribution < 1.29 is 22.9 Å². The summed E-state index contributed by atoms with van der Waals surface area (Å²) in [5.41, 5.74) is 0.342. The van der Waals surface area contributed by atoms with E-state index in [-0.39, 0.29) is 55.5 Å². The second-order valence-corrected chi connectivity index (χ2v) is 9.44. The molecule has 2 saturated heterocycles. The Bertz CT molecular complexity index is 906. The number of benzene rings is 1. The minimum Gasteiger partial charge on any atom is -0.383 e. The number of nitrogens with zero attached hydrogens (tertiary/aromatic N) is 4. The normalized spacial score (nSPS) is 23.9. The molecule has 1 amide bonds. The SMILES string of the molecule is CNc1ccc(C(=O)N2CCN(S(=O)(=O)N3C[C@@H](C)O[C@H](C)C3)CC2)cc1[N+](=O)[O-]. The second-order valence-electron chi connectivity index (χ2n) is 7.51. The fourth-order valence-electron chi connectivity index (χ4n) is 3.81. The molecule has 1 aromatic carbocycles. The van der Waals surface area contributed by atoms with Crippen LogP contribution in [0, 0.1) is 10.1 Å². The number of hydrogen-bond donors (Lipinski definition) is 1. The van der Waals surface area contributed by atoms with Gasteiger partial charge < -0.3 is 15.0 Å². The molecule has 0 aliphatic carbocycles. The van der Waals surface area contributed by atoms with Gasteiger partial charge >= 0.3 is 0 Å². The minimum atomic E-state index is -3.64. The summed E-state index contributed by atoms with van der Waals surface area (Å²) >= 11 is 0. The van der Waals surface area contributed by atoms with Crippen LogP contribution in [0.1, 0.15) is 24.2 Å². The number of carbonyl (C=O) groups is 1. The van der Waals surface area contributed by atoms with Crippen molar-refractivity contribution in [3.8, 4) is 0 Å². The molecule has 0 saturated carbocycles. The zero-order chi connectivity index (χ0) is 22.1. The lowest BCUT2D eigenvalue weighted by molar-refractivity contribution is -0.384. The Morgan fingerprint density at radius 1 is 1.13 bits per heavy atom. The number of rotatable bonds is 5. The first-order chi connectivity index (χ1) is 14.1. The molecule has 2 aliphatic rings. The van der Waals surface area contributed by atoms with E-state index in [1.54, 1.807) is 7.05 Å². The van der Waals surface area contributed by atoms with Gasteiger partial charge in [-0.1, -0.05) is 0 Å². The van der Waals surface area contributed by atoms with Crippen LogP contribution in [0.25, 0.3) is 0 Å². The summed E-state index contributed by atoms with van der Waals surface area (Å²) in [6, 6.07) is 4.27. The molecule has 11 nitrogen and oxygen atoms in total. The van der Waals surface area contributed by atoms with E-state index in [1.807, 2.05) is 13.8 Å². The quantitative estimate of drug-likeness (QED) is 0.528. The number of ether oxygens (including phenoxy) is 1. The van der Waals surface area contributed by atoms with Gasteiger partial charge in [0.2, 0.25) is 0 Å². The number of nitro groups is 1. The summed E-state index contributed by atoms with van der Waals surface area (Å²) in [4.78, 5) is 25.0. The zero-order valence-electron chi connectivity index (χ0n) is 17.3. The third kappa shape index (κ3) is 4.56. The summed E-state index contributed by atoms with van der Waals surface area (Å²) in [7, 11) is -2.07. The van der Waals surface area contributed by atoms with Gasteiger partial charge in [0.1, 0.15) is 5.69 Å². The summed E-state index contributed by atoms with van der Waals surface area (Å²) in [6.07, 6.45) is -0.356. The van der Waals surface area contributed by atoms with Gasteiger partial charge in [-0.2, -0.15) is 17.0 Å². The predicted molar refractivity (Wildman–Crippen MR) is 111 cm³/mol. The predicted octanol–water partition coefficient (Wildman–Crippen LogP) is 0.748. The smallest absolute Gasteiger partial charge is 0.293 e. The zero-order valence-corrected chi connectivity index (χ0v) is 18.1. The van der Waals surface area contributed by atoms with Crippen molar-refractivity contribution >= 4 is 27.5 Å². The maximum atomic E-state index is 13.0. The number of anilines is 1. The Balaban J connectivity index is 1.67. The molecule has 12 heteroatoms. The first-order valence-corrected chi connectivity index (χ1v) is 11.2. The Hall–Kier alpha value is -2.28. The third-order valence-corrected chi connectivity index (χ3v) is 7.24. The van der Waals surface area contributed by atoms with Crippen molar-refractivity contribution in [1.29, 1.82) is 0 Å². The number of piperazine rings is 1. The van der Waals surface area contributed by atoms with Gasteiger partial charge in [0.25, 0.3) is 21.8 Å². The highest BCUT2D eigenvalue weighted by molar-refractivity contribution is 7.86. The highest BCUT2D eigenvalue weighted by Gasteiger charge is 2.37. The van der Waals surface area contributed by atoms with Crippen molar-refractivity contribution in [3.63, 3.8) is 0 Å². The average molecular weight is 442 g/mol. The van der Waals surface area contributed by atoms with Crippen LogP contribution in [0.2, 0.25) is 0 Å². The number of morpholine rings is 1. The molecule has 0 aromatic heterocycles. The van der Waals surface area contributed by atoms with Crippen LogP contribution < -0.4 is 5.32 Å². The van der Waals surface area contributed by atoms with Crippen LogP contribution in [-0.2, 0) is 14.9 Å². The molecule has 3 rings (SSSR count). The van der Waals surface area contributed by atoms with Gasteiger partial charge in [-0.05, 0) is 26.0 Å². The fraction of sp³-hybridized carbons (Fsp3) is 0.611. The summed E-state index contributed by atoms with van der Waals surface area (Å²) in [6.45, 7) is 5.06. The van der Waals surface area contributed by atoms with E-state index in [2.05, 4.69) is 5.32 Å². The van der Waals surface area contributed by atoms with Crippen molar-refractivity contribution in [3.05, 3.63) is 33.9 Å². The maximum absolute atomic E-state index is 13.0. The average Bonchev–Trinajstić information content (AvgIpc) is 2.72. The lowest BCUT2D eigenvalue weighted by Crippen LogP contribution is -2.57. The van der Waals surface area contributed by atoms with E-state index >= 15 is 0 Å². The van der Waals surface area contributed by atoms with Crippen molar-refractivity contribution in [1.82, 2.24) is 13.5 Å². The maximum Gasteiger partial charge on any atom is 0.293 e. The Morgan fingerprint density at radius 2 is 1.73 bits per heavy atom. The van der Waals surface area contributed by atoms with Crippen LogP contribution in [0.4, 0.5) is 11.4 Å². The van der Waals surface area contributed by atoms with Crippen LogP contribution in [0.5, 0.6) is 0 Å². The van der Waals surface area contributed by atoms with E-state index in [0.29, 0.717) is 18.8 Å². The molecular weight excluding hydrogens is 414 g/mol. The van der Waals surface area contributed by atoms with Crippen LogP contribution in [-0.4, -0.2) is 91.3 Å². The molecule has 0 spiro atoms. The monoisotopic (exact) mass is 441 g/mol. The number of nitro benzene ring substituents is 1. The van der Waals surface area contributed by atoms with Gasteiger partial charge in [0.05, 0.1) is 17.1 Å². The first kappa shape index (κ1) is 22.4. The molecule has 30 heavy (non-hydrogen) atoms. The summed E-state index contributed by atoms with van der Waals surface area (Å²) < 4.78 is 34.4.